The SMILES string of the molecule is C=C(C)C(=C)CO. The predicted octanol–water partition coefficient (Wildman–Crippen LogP) is 1.11. The molecule has 0 fully saturated rings. The highest BCUT2D eigenvalue weighted by atomic mass is 16.3. The van der Waals surface area contributed by atoms with E-state index in [1.807, 2.05) is 6.92 Å². The smallest absolute Gasteiger partial charge is 0.0678 e. The minimum absolute atomic E-state index is 0.0231. The molecule has 0 aromatic carbocycles. The zero-order valence-electron chi connectivity index (χ0n) is 4.57. The zero-order valence-corrected chi connectivity index (χ0v) is 4.57. The molecule has 0 radical (unpaired) electrons. The van der Waals surface area contributed by atoms with Crippen LogP contribution in [0.15, 0.2) is 24.3 Å². The van der Waals surface area contributed by atoms with Gasteiger partial charge in [0, 0.05) is 0 Å². The van der Waals surface area contributed by atoms with Crippen molar-refractivity contribution in [1.29, 1.82) is 0 Å². The van der Waals surface area contributed by atoms with Gasteiger partial charge >= 0.3 is 0 Å². The van der Waals surface area contributed by atoms with Gasteiger partial charge in [-0.15, -0.1) is 0 Å². The lowest BCUT2D eigenvalue weighted by atomic mass is 10.2. The summed E-state index contributed by atoms with van der Waals surface area (Å²) in [6.07, 6.45) is 0. The summed E-state index contributed by atoms with van der Waals surface area (Å²) in [7, 11) is 0. The molecule has 1 N–H and O–H groups in total. The molecule has 0 aromatic rings. The first kappa shape index (κ1) is 6.44. The third kappa shape index (κ3) is 2.18. The summed E-state index contributed by atoms with van der Waals surface area (Å²) in [4.78, 5) is 0. The van der Waals surface area contributed by atoms with Crippen LogP contribution in [-0.2, 0) is 0 Å². The molecule has 0 aliphatic carbocycles. The van der Waals surface area contributed by atoms with Gasteiger partial charge in [-0.3, -0.25) is 0 Å². The highest BCUT2D eigenvalue weighted by Crippen LogP contribution is 1.99. The Labute approximate surface area is 44.0 Å². The Kier molecular flexibility index (Phi) is 2.38. The molecule has 0 aliphatic heterocycles. The standard InChI is InChI=1S/C6H10O/c1-5(2)6(3)4-7/h7H,1,3-4H2,2H3. The maximum atomic E-state index is 8.34. The molecule has 1 heteroatoms. The monoisotopic (exact) mass is 98.1 g/mol. The molecule has 0 saturated carbocycles. The fourth-order valence-corrected chi connectivity index (χ4v) is 0.135. The van der Waals surface area contributed by atoms with Crippen LogP contribution in [-0.4, -0.2) is 11.7 Å². The van der Waals surface area contributed by atoms with Crippen molar-refractivity contribution in [3.8, 4) is 0 Å². The highest BCUT2D eigenvalue weighted by Gasteiger charge is 1.86. The van der Waals surface area contributed by atoms with Crippen LogP contribution >= 0.6 is 0 Å². The molecular weight excluding hydrogens is 88.1 g/mol. The first-order valence-corrected chi connectivity index (χ1v) is 2.13. The molecule has 40 valence electrons. The zero-order chi connectivity index (χ0) is 5.86. The van der Waals surface area contributed by atoms with Gasteiger partial charge in [-0.1, -0.05) is 18.7 Å². The van der Waals surface area contributed by atoms with Gasteiger partial charge in [0.1, 0.15) is 0 Å². The second-order valence-electron chi connectivity index (χ2n) is 1.54. The highest BCUT2D eigenvalue weighted by molar-refractivity contribution is 5.22. The molecule has 0 saturated heterocycles. The van der Waals surface area contributed by atoms with Crippen LogP contribution in [0.5, 0.6) is 0 Å². The average molecular weight is 98.1 g/mol. The van der Waals surface area contributed by atoms with Gasteiger partial charge in [0.15, 0.2) is 0 Å². The second kappa shape index (κ2) is 2.59. The summed E-state index contributed by atoms with van der Waals surface area (Å²) in [5.41, 5.74) is 1.56. The number of aliphatic hydroxyl groups excluding tert-OH is 1. The van der Waals surface area contributed by atoms with Crippen LogP contribution in [0.2, 0.25) is 0 Å². The number of hydrogen-bond donors (Lipinski definition) is 1. The molecule has 0 aromatic heterocycles. The first-order chi connectivity index (χ1) is 3.18. The third-order valence-electron chi connectivity index (χ3n) is 0.794. The van der Waals surface area contributed by atoms with Crippen LogP contribution in [0.3, 0.4) is 0 Å². The molecule has 0 amide bonds. The fraction of sp³-hybridized carbons (Fsp3) is 0.333. The quantitative estimate of drug-likeness (QED) is 0.513. The second-order valence-corrected chi connectivity index (χ2v) is 1.54. The van der Waals surface area contributed by atoms with E-state index in [9.17, 15) is 0 Å². The largest absolute Gasteiger partial charge is 0.392 e. The minimum Gasteiger partial charge on any atom is -0.392 e. The van der Waals surface area contributed by atoms with Crippen LogP contribution < -0.4 is 0 Å². The van der Waals surface area contributed by atoms with Crippen LogP contribution in [0.1, 0.15) is 6.92 Å². The molecule has 0 bridgehead atoms. The number of rotatable bonds is 2. The summed E-state index contributed by atoms with van der Waals surface area (Å²) in [6, 6.07) is 0. The summed E-state index contributed by atoms with van der Waals surface area (Å²) in [5, 5.41) is 8.34. The van der Waals surface area contributed by atoms with E-state index in [2.05, 4.69) is 13.2 Å². The van der Waals surface area contributed by atoms with E-state index >= 15 is 0 Å². The van der Waals surface area contributed by atoms with Crippen molar-refractivity contribution in [1.82, 2.24) is 0 Å². The normalized spacial score (nSPS) is 8.29. The summed E-state index contributed by atoms with van der Waals surface area (Å²) in [5.74, 6) is 0. The molecule has 0 unspecified atom stereocenters. The molecule has 7 heavy (non-hydrogen) atoms. The molecule has 0 spiro atoms. The maximum absolute atomic E-state index is 8.34. The Hall–Kier alpha value is -0.560. The first-order valence-electron chi connectivity index (χ1n) is 2.13. The average Bonchev–Trinajstić information content (AvgIpc) is 1.65. The molecule has 0 rings (SSSR count). The molecule has 1 nitrogen and oxygen atoms in total. The van der Waals surface area contributed by atoms with Gasteiger partial charge in [0.05, 0.1) is 6.61 Å². The van der Waals surface area contributed by atoms with E-state index in [0.717, 1.165) is 5.57 Å². The van der Waals surface area contributed by atoms with E-state index in [1.165, 1.54) is 0 Å². The molecule has 0 atom stereocenters. The molecule has 0 aliphatic rings. The molecular formula is C6H10O. The maximum Gasteiger partial charge on any atom is 0.0678 e. The van der Waals surface area contributed by atoms with Gasteiger partial charge in [-0.05, 0) is 12.5 Å². The van der Waals surface area contributed by atoms with Crippen molar-refractivity contribution in [3.05, 3.63) is 24.3 Å². The van der Waals surface area contributed by atoms with Crippen LogP contribution in [0.4, 0.5) is 0 Å². The van der Waals surface area contributed by atoms with Gasteiger partial charge in [-0.25, -0.2) is 0 Å². The van der Waals surface area contributed by atoms with E-state index in [-0.39, 0.29) is 6.61 Å². The third-order valence-corrected chi connectivity index (χ3v) is 0.794. The lowest BCUT2D eigenvalue weighted by Crippen LogP contribution is -1.86. The lowest BCUT2D eigenvalue weighted by molar-refractivity contribution is 0.334. The Morgan fingerprint density at radius 3 is 2.00 bits per heavy atom. The van der Waals surface area contributed by atoms with Crippen molar-refractivity contribution in [2.45, 2.75) is 6.92 Å². The number of hydrogen-bond acceptors (Lipinski definition) is 1. The molecule has 0 heterocycles. The Bertz CT molecular complexity index is 92.4. The van der Waals surface area contributed by atoms with E-state index in [0.29, 0.717) is 5.57 Å². The minimum atomic E-state index is 0.0231. The van der Waals surface area contributed by atoms with E-state index < -0.39 is 0 Å². The van der Waals surface area contributed by atoms with Crippen LogP contribution in [0, 0.1) is 0 Å². The van der Waals surface area contributed by atoms with Gasteiger partial charge in [0.2, 0.25) is 0 Å². The Morgan fingerprint density at radius 1 is 1.57 bits per heavy atom. The van der Waals surface area contributed by atoms with Gasteiger partial charge in [0.25, 0.3) is 0 Å². The van der Waals surface area contributed by atoms with Crippen molar-refractivity contribution >= 4 is 0 Å². The summed E-state index contributed by atoms with van der Waals surface area (Å²) < 4.78 is 0. The van der Waals surface area contributed by atoms with E-state index in [1.54, 1.807) is 0 Å². The number of aliphatic hydroxyl groups is 1. The lowest BCUT2D eigenvalue weighted by Gasteiger charge is -1.94. The van der Waals surface area contributed by atoms with Crippen molar-refractivity contribution < 1.29 is 5.11 Å². The van der Waals surface area contributed by atoms with E-state index in [4.69, 9.17) is 5.11 Å². The summed E-state index contributed by atoms with van der Waals surface area (Å²) in [6.45, 7) is 8.93. The van der Waals surface area contributed by atoms with Crippen LogP contribution in [0.25, 0.3) is 0 Å². The van der Waals surface area contributed by atoms with Crippen molar-refractivity contribution in [2.75, 3.05) is 6.61 Å². The summed E-state index contributed by atoms with van der Waals surface area (Å²) >= 11 is 0. The van der Waals surface area contributed by atoms with Crippen molar-refractivity contribution in [3.63, 3.8) is 0 Å². The predicted molar refractivity (Wildman–Crippen MR) is 31.0 cm³/mol. The topological polar surface area (TPSA) is 20.2 Å². The Balaban J connectivity index is 3.58. The fourth-order valence-electron chi connectivity index (χ4n) is 0.135. The Morgan fingerprint density at radius 2 is 2.00 bits per heavy atom. The van der Waals surface area contributed by atoms with Crippen molar-refractivity contribution in [2.24, 2.45) is 0 Å². The van der Waals surface area contributed by atoms with Gasteiger partial charge in [-0.2, -0.15) is 0 Å². The van der Waals surface area contributed by atoms with Gasteiger partial charge < -0.3 is 5.11 Å².